The van der Waals surface area contributed by atoms with E-state index in [2.05, 4.69) is 97.2 Å². The summed E-state index contributed by atoms with van der Waals surface area (Å²) in [6, 6.07) is 36.2. The Hall–Kier alpha value is -3.32. The van der Waals surface area contributed by atoms with Crippen molar-refractivity contribution in [3.8, 4) is 22.3 Å². The quantitative estimate of drug-likeness (QED) is 0.420. The fourth-order valence-electron chi connectivity index (χ4n) is 3.11. The molecule has 0 amide bonds. The molecule has 0 aliphatic rings. The zero-order chi connectivity index (χ0) is 17.8. The molecule has 0 radical (unpaired) electrons. The molecule has 0 aromatic heterocycles. The summed E-state index contributed by atoms with van der Waals surface area (Å²) in [7, 11) is 0. The van der Waals surface area contributed by atoms with Crippen LogP contribution >= 0.6 is 0 Å². The fraction of sp³-hybridized carbons (Fsp3) is 0.0400. The van der Waals surface area contributed by atoms with Crippen LogP contribution in [0.4, 0.5) is 11.4 Å². The van der Waals surface area contributed by atoms with Gasteiger partial charge in [0.1, 0.15) is 0 Å². The first-order valence-corrected chi connectivity index (χ1v) is 8.87. The lowest BCUT2D eigenvalue weighted by atomic mass is 9.99. The molecule has 1 heteroatoms. The molecule has 0 heterocycles. The number of hydrogen-bond acceptors (Lipinski definition) is 1. The lowest BCUT2D eigenvalue weighted by molar-refractivity contribution is 1.47. The number of para-hydroxylation sites is 1. The highest BCUT2D eigenvalue weighted by molar-refractivity contribution is 5.72. The molecule has 0 saturated carbocycles. The van der Waals surface area contributed by atoms with Gasteiger partial charge in [0.2, 0.25) is 0 Å². The van der Waals surface area contributed by atoms with Gasteiger partial charge in [0, 0.05) is 11.4 Å². The highest BCUT2D eigenvalue weighted by Gasteiger charge is 2.01. The Labute approximate surface area is 155 Å². The predicted octanol–water partition coefficient (Wildman–Crippen LogP) is 7.07. The van der Waals surface area contributed by atoms with E-state index < -0.39 is 0 Å². The molecule has 4 aromatic carbocycles. The summed E-state index contributed by atoms with van der Waals surface area (Å²) in [5.41, 5.74) is 8.44. The van der Waals surface area contributed by atoms with Crippen molar-refractivity contribution in [3.05, 3.63) is 109 Å². The maximum atomic E-state index is 3.42. The van der Waals surface area contributed by atoms with E-state index in [0.717, 1.165) is 11.4 Å². The van der Waals surface area contributed by atoms with Crippen LogP contribution in [0.2, 0.25) is 0 Å². The summed E-state index contributed by atoms with van der Waals surface area (Å²) in [5.74, 6) is 0. The number of rotatable bonds is 4. The van der Waals surface area contributed by atoms with Gasteiger partial charge in [-0.3, -0.25) is 0 Å². The minimum Gasteiger partial charge on any atom is -0.356 e. The average Bonchev–Trinajstić information content (AvgIpc) is 2.70. The van der Waals surface area contributed by atoms with Crippen molar-refractivity contribution < 1.29 is 0 Å². The SMILES string of the molecule is Cc1cccc(-c2ccc(-c3ccc(Nc4ccccc4)cc3)cc2)c1. The van der Waals surface area contributed by atoms with Gasteiger partial charge in [-0.15, -0.1) is 0 Å². The van der Waals surface area contributed by atoms with Crippen LogP contribution in [0.5, 0.6) is 0 Å². The largest absolute Gasteiger partial charge is 0.356 e. The molecule has 126 valence electrons. The van der Waals surface area contributed by atoms with Crippen molar-refractivity contribution in [3.63, 3.8) is 0 Å². The summed E-state index contributed by atoms with van der Waals surface area (Å²) < 4.78 is 0. The van der Waals surface area contributed by atoms with Crippen molar-refractivity contribution in [2.45, 2.75) is 6.92 Å². The molecule has 0 bridgehead atoms. The molecular weight excluding hydrogens is 314 g/mol. The second kappa shape index (κ2) is 7.28. The number of hydrogen-bond donors (Lipinski definition) is 1. The first kappa shape index (κ1) is 16.2. The normalized spacial score (nSPS) is 10.5. The molecule has 0 unspecified atom stereocenters. The third kappa shape index (κ3) is 3.68. The third-order valence-corrected chi connectivity index (χ3v) is 4.52. The Morgan fingerprint density at radius 1 is 0.462 bits per heavy atom. The highest BCUT2D eigenvalue weighted by Crippen LogP contribution is 2.27. The number of anilines is 2. The van der Waals surface area contributed by atoms with E-state index in [1.807, 2.05) is 18.2 Å². The zero-order valence-electron chi connectivity index (χ0n) is 14.8. The average molecular weight is 335 g/mol. The third-order valence-electron chi connectivity index (χ3n) is 4.52. The van der Waals surface area contributed by atoms with Crippen LogP contribution in [-0.2, 0) is 0 Å². The van der Waals surface area contributed by atoms with E-state index in [1.165, 1.54) is 27.8 Å². The fourth-order valence-corrected chi connectivity index (χ4v) is 3.11. The minimum absolute atomic E-state index is 1.09. The smallest absolute Gasteiger partial charge is 0.0384 e. The Kier molecular flexibility index (Phi) is 4.53. The maximum absolute atomic E-state index is 3.42. The summed E-state index contributed by atoms with van der Waals surface area (Å²) >= 11 is 0. The highest BCUT2D eigenvalue weighted by atomic mass is 14.9. The Morgan fingerprint density at radius 3 is 1.62 bits per heavy atom. The molecule has 4 rings (SSSR count). The standard InChI is InChI=1S/C25H21N/c1-19-6-5-7-23(18-19)22-12-10-20(11-13-22)21-14-16-25(17-15-21)26-24-8-3-2-4-9-24/h2-18,26H,1H3. The van der Waals surface area contributed by atoms with Crippen molar-refractivity contribution in [1.29, 1.82) is 0 Å². The summed E-state index contributed by atoms with van der Waals surface area (Å²) in [6.45, 7) is 2.13. The first-order valence-electron chi connectivity index (χ1n) is 8.87. The van der Waals surface area contributed by atoms with Crippen LogP contribution in [0.25, 0.3) is 22.3 Å². The maximum Gasteiger partial charge on any atom is 0.0384 e. The molecule has 0 atom stereocenters. The van der Waals surface area contributed by atoms with Gasteiger partial charge >= 0.3 is 0 Å². The van der Waals surface area contributed by atoms with E-state index in [0.29, 0.717) is 0 Å². The van der Waals surface area contributed by atoms with Gasteiger partial charge in [-0.1, -0.05) is 84.4 Å². The second-order valence-corrected chi connectivity index (χ2v) is 6.52. The molecule has 1 N–H and O–H groups in total. The van der Waals surface area contributed by atoms with Gasteiger partial charge in [0.05, 0.1) is 0 Å². The Morgan fingerprint density at radius 2 is 1.00 bits per heavy atom. The van der Waals surface area contributed by atoms with Gasteiger partial charge < -0.3 is 5.32 Å². The van der Waals surface area contributed by atoms with Crippen LogP contribution in [0, 0.1) is 6.92 Å². The summed E-state index contributed by atoms with van der Waals surface area (Å²) in [4.78, 5) is 0. The number of nitrogens with one attached hydrogen (secondary N) is 1. The van der Waals surface area contributed by atoms with Crippen LogP contribution in [-0.4, -0.2) is 0 Å². The first-order chi connectivity index (χ1) is 12.8. The lowest BCUT2D eigenvalue weighted by Crippen LogP contribution is -1.89. The van der Waals surface area contributed by atoms with Crippen molar-refractivity contribution >= 4 is 11.4 Å². The Bertz CT molecular complexity index is 984. The summed E-state index contributed by atoms with van der Waals surface area (Å²) in [6.07, 6.45) is 0. The van der Waals surface area contributed by atoms with Crippen LogP contribution < -0.4 is 5.32 Å². The molecule has 0 spiro atoms. The van der Waals surface area contributed by atoms with Gasteiger partial charge in [0.25, 0.3) is 0 Å². The monoisotopic (exact) mass is 335 g/mol. The molecule has 0 aliphatic heterocycles. The van der Waals surface area contributed by atoms with E-state index in [9.17, 15) is 0 Å². The minimum atomic E-state index is 1.09. The van der Waals surface area contributed by atoms with Crippen molar-refractivity contribution in [2.24, 2.45) is 0 Å². The van der Waals surface area contributed by atoms with Gasteiger partial charge in [-0.2, -0.15) is 0 Å². The van der Waals surface area contributed by atoms with E-state index >= 15 is 0 Å². The molecule has 0 saturated heterocycles. The second-order valence-electron chi connectivity index (χ2n) is 6.52. The lowest BCUT2D eigenvalue weighted by Gasteiger charge is -2.09. The van der Waals surface area contributed by atoms with Crippen LogP contribution in [0.3, 0.4) is 0 Å². The Balaban J connectivity index is 1.52. The molecular formula is C25H21N. The molecule has 0 aliphatic carbocycles. The van der Waals surface area contributed by atoms with Gasteiger partial charge in [0.15, 0.2) is 0 Å². The zero-order valence-corrected chi connectivity index (χ0v) is 14.8. The topological polar surface area (TPSA) is 12.0 Å². The molecule has 4 aromatic rings. The molecule has 1 nitrogen and oxygen atoms in total. The van der Waals surface area contributed by atoms with Gasteiger partial charge in [-0.05, 0) is 53.4 Å². The van der Waals surface area contributed by atoms with Crippen molar-refractivity contribution in [1.82, 2.24) is 0 Å². The van der Waals surface area contributed by atoms with E-state index in [1.54, 1.807) is 0 Å². The number of benzene rings is 4. The van der Waals surface area contributed by atoms with Gasteiger partial charge in [-0.25, -0.2) is 0 Å². The number of aryl methyl sites for hydroxylation is 1. The molecule has 0 fully saturated rings. The molecule has 26 heavy (non-hydrogen) atoms. The van der Waals surface area contributed by atoms with E-state index in [4.69, 9.17) is 0 Å². The van der Waals surface area contributed by atoms with Crippen LogP contribution in [0.15, 0.2) is 103 Å². The predicted molar refractivity (Wildman–Crippen MR) is 112 cm³/mol. The van der Waals surface area contributed by atoms with Crippen LogP contribution in [0.1, 0.15) is 5.56 Å². The van der Waals surface area contributed by atoms with E-state index in [-0.39, 0.29) is 0 Å². The summed E-state index contributed by atoms with van der Waals surface area (Å²) in [5, 5.41) is 3.42. The van der Waals surface area contributed by atoms with Crippen molar-refractivity contribution in [2.75, 3.05) is 5.32 Å².